The standard InChI is InChI=1S/C20H23N5O2/c1-2-24-10-6-9-15(24)13-21-20(27)17-11-18-22-16(12-19(26)25(18)23-17)14-7-4-3-5-8-14/h3-5,7-8,11-12,15,23H,2,6,9-10,13H2,1H3,(H,21,27). The summed E-state index contributed by atoms with van der Waals surface area (Å²) in [6, 6.07) is 13.0. The fraction of sp³-hybridized carbons (Fsp3) is 0.350. The van der Waals surface area contributed by atoms with Crippen LogP contribution in [0.15, 0.2) is 47.3 Å². The van der Waals surface area contributed by atoms with E-state index in [0.29, 0.717) is 29.6 Å². The number of aromatic nitrogens is 3. The van der Waals surface area contributed by atoms with Crippen LogP contribution in [0.3, 0.4) is 0 Å². The number of carbonyl (C=O) groups is 1. The SMILES string of the molecule is CCN1CCCC1CNC(=O)c1cc2nc(-c3ccccc3)cc(=O)n2[nH]1. The molecular weight excluding hydrogens is 342 g/mol. The summed E-state index contributed by atoms with van der Waals surface area (Å²) in [7, 11) is 0. The zero-order chi connectivity index (χ0) is 18.8. The average molecular weight is 365 g/mol. The van der Waals surface area contributed by atoms with Crippen LogP contribution in [0.5, 0.6) is 0 Å². The van der Waals surface area contributed by atoms with Gasteiger partial charge in [0.1, 0.15) is 5.69 Å². The highest BCUT2D eigenvalue weighted by Gasteiger charge is 2.23. The van der Waals surface area contributed by atoms with Gasteiger partial charge in [0.05, 0.1) is 5.69 Å². The summed E-state index contributed by atoms with van der Waals surface area (Å²) in [5.74, 6) is -0.218. The lowest BCUT2D eigenvalue weighted by Gasteiger charge is -2.22. The Balaban J connectivity index is 1.55. The molecule has 7 nitrogen and oxygen atoms in total. The second kappa shape index (κ2) is 7.36. The molecule has 2 N–H and O–H groups in total. The third kappa shape index (κ3) is 3.50. The number of likely N-dealkylation sites (tertiary alicyclic amines) is 1. The van der Waals surface area contributed by atoms with Crippen molar-refractivity contribution in [2.75, 3.05) is 19.6 Å². The van der Waals surface area contributed by atoms with Crippen molar-refractivity contribution in [3.8, 4) is 11.3 Å². The van der Waals surface area contributed by atoms with Gasteiger partial charge in [0.15, 0.2) is 5.65 Å². The normalized spacial score (nSPS) is 17.4. The van der Waals surface area contributed by atoms with Gasteiger partial charge in [-0.25, -0.2) is 9.50 Å². The molecule has 7 heteroatoms. The van der Waals surface area contributed by atoms with Gasteiger partial charge in [0, 0.05) is 30.3 Å². The number of fused-ring (bicyclic) bond motifs is 1. The summed E-state index contributed by atoms with van der Waals surface area (Å²) in [4.78, 5) is 31.8. The van der Waals surface area contributed by atoms with Gasteiger partial charge in [-0.1, -0.05) is 37.3 Å². The van der Waals surface area contributed by atoms with E-state index in [2.05, 4.69) is 27.2 Å². The number of amides is 1. The molecule has 0 radical (unpaired) electrons. The van der Waals surface area contributed by atoms with Crippen molar-refractivity contribution < 1.29 is 4.79 Å². The number of likely N-dealkylation sites (N-methyl/N-ethyl adjacent to an activating group) is 1. The summed E-state index contributed by atoms with van der Waals surface area (Å²) in [5, 5.41) is 5.84. The van der Waals surface area contributed by atoms with Crippen LogP contribution in [0.2, 0.25) is 0 Å². The highest BCUT2D eigenvalue weighted by atomic mass is 16.2. The predicted octanol–water partition coefficient (Wildman–Crippen LogP) is 1.90. The molecule has 4 rings (SSSR count). The van der Waals surface area contributed by atoms with Crippen molar-refractivity contribution in [3.63, 3.8) is 0 Å². The summed E-state index contributed by atoms with van der Waals surface area (Å²) in [5.41, 5.74) is 1.99. The number of hydrogen-bond donors (Lipinski definition) is 2. The molecule has 1 aromatic carbocycles. The molecule has 3 aromatic rings. The Morgan fingerprint density at radius 1 is 1.30 bits per heavy atom. The Labute approximate surface area is 157 Å². The molecule has 1 saturated heterocycles. The number of H-pyrrole nitrogens is 1. The van der Waals surface area contributed by atoms with Gasteiger partial charge >= 0.3 is 0 Å². The van der Waals surface area contributed by atoms with Crippen molar-refractivity contribution in [2.24, 2.45) is 0 Å². The van der Waals surface area contributed by atoms with Gasteiger partial charge in [0.2, 0.25) is 0 Å². The maximum atomic E-state index is 12.5. The lowest BCUT2D eigenvalue weighted by Crippen LogP contribution is -2.40. The lowest BCUT2D eigenvalue weighted by atomic mass is 10.1. The molecule has 0 bridgehead atoms. The van der Waals surface area contributed by atoms with Crippen LogP contribution in [0.1, 0.15) is 30.3 Å². The van der Waals surface area contributed by atoms with E-state index in [9.17, 15) is 9.59 Å². The van der Waals surface area contributed by atoms with Crippen LogP contribution >= 0.6 is 0 Å². The molecule has 1 atom stereocenters. The number of aromatic amines is 1. The molecule has 1 aliphatic heterocycles. The zero-order valence-electron chi connectivity index (χ0n) is 15.3. The van der Waals surface area contributed by atoms with Crippen LogP contribution in [0.4, 0.5) is 0 Å². The Hall–Kier alpha value is -2.93. The van der Waals surface area contributed by atoms with Gasteiger partial charge in [-0.05, 0) is 25.9 Å². The molecule has 1 fully saturated rings. The molecule has 27 heavy (non-hydrogen) atoms. The molecule has 1 unspecified atom stereocenters. The van der Waals surface area contributed by atoms with Crippen LogP contribution in [0, 0.1) is 0 Å². The first kappa shape index (κ1) is 17.5. The highest BCUT2D eigenvalue weighted by molar-refractivity contribution is 5.93. The predicted molar refractivity (Wildman–Crippen MR) is 104 cm³/mol. The first-order valence-corrected chi connectivity index (χ1v) is 9.36. The number of hydrogen-bond acceptors (Lipinski definition) is 4. The first-order valence-electron chi connectivity index (χ1n) is 9.36. The number of nitrogens with one attached hydrogen (secondary N) is 2. The van der Waals surface area contributed by atoms with Crippen molar-refractivity contribution in [2.45, 2.75) is 25.8 Å². The average Bonchev–Trinajstić information content (AvgIpc) is 3.33. The van der Waals surface area contributed by atoms with Crippen LogP contribution in [-0.4, -0.2) is 51.1 Å². The third-order valence-electron chi connectivity index (χ3n) is 5.17. The maximum absolute atomic E-state index is 12.5. The molecule has 140 valence electrons. The van der Waals surface area contributed by atoms with E-state index < -0.39 is 0 Å². The summed E-state index contributed by atoms with van der Waals surface area (Å²) < 4.78 is 1.30. The molecule has 0 spiro atoms. The Morgan fingerprint density at radius 3 is 2.89 bits per heavy atom. The van der Waals surface area contributed by atoms with E-state index in [0.717, 1.165) is 25.1 Å². The largest absolute Gasteiger partial charge is 0.349 e. The Bertz CT molecular complexity index is 1010. The van der Waals surface area contributed by atoms with E-state index in [4.69, 9.17) is 0 Å². The van der Waals surface area contributed by atoms with Crippen molar-refractivity contribution >= 4 is 11.6 Å². The smallest absolute Gasteiger partial charge is 0.273 e. The first-order chi connectivity index (χ1) is 13.2. The second-order valence-corrected chi connectivity index (χ2v) is 6.84. The van der Waals surface area contributed by atoms with Crippen LogP contribution < -0.4 is 10.9 Å². The van der Waals surface area contributed by atoms with Crippen LogP contribution in [-0.2, 0) is 0 Å². The molecule has 1 amide bonds. The summed E-state index contributed by atoms with van der Waals surface area (Å²) in [6.07, 6.45) is 2.27. The molecular formula is C20H23N5O2. The van der Waals surface area contributed by atoms with Crippen molar-refractivity contribution in [1.82, 2.24) is 24.8 Å². The number of nitrogens with zero attached hydrogens (tertiary/aromatic N) is 3. The molecule has 3 heterocycles. The van der Waals surface area contributed by atoms with E-state index in [1.54, 1.807) is 6.07 Å². The monoisotopic (exact) mass is 365 g/mol. The van der Waals surface area contributed by atoms with Gasteiger partial charge in [-0.3, -0.25) is 19.6 Å². The lowest BCUT2D eigenvalue weighted by molar-refractivity contribution is 0.0936. The van der Waals surface area contributed by atoms with Crippen LogP contribution in [0.25, 0.3) is 16.9 Å². The Morgan fingerprint density at radius 2 is 2.11 bits per heavy atom. The molecule has 0 saturated carbocycles. The van der Waals surface area contributed by atoms with Gasteiger partial charge < -0.3 is 5.32 Å². The number of carbonyl (C=O) groups excluding carboxylic acids is 1. The van der Waals surface area contributed by atoms with Gasteiger partial charge in [-0.15, -0.1) is 0 Å². The third-order valence-corrected chi connectivity index (χ3v) is 5.17. The second-order valence-electron chi connectivity index (χ2n) is 6.84. The maximum Gasteiger partial charge on any atom is 0.273 e. The number of benzene rings is 1. The minimum absolute atomic E-state index is 0.218. The van der Waals surface area contributed by atoms with E-state index >= 15 is 0 Å². The topological polar surface area (TPSA) is 82.5 Å². The van der Waals surface area contributed by atoms with E-state index in [-0.39, 0.29) is 11.5 Å². The van der Waals surface area contributed by atoms with Gasteiger partial charge in [-0.2, -0.15) is 0 Å². The molecule has 2 aromatic heterocycles. The van der Waals surface area contributed by atoms with E-state index in [1.807, 2.05) is 30.3 Å². The summed E-state index contributed by atoms with van der Waals surface area (Å²) in [6.45, 7) is 4.83. The van der Waals surface area contributed by atoms with Crippen molar-refractivity contribution in [3.05, 3.63) is 58.5 Å². The quantitative estimate of drug-likeness (QED) is 0.724. The minimum Gasteiger partial charge on any atom is -0.349 e. The summed E-state index contributed by atoms with van der Waals surface area (Å²) >= 11 is 0. The fourth-order valence-corrected chi connectivity index (χ4v) is 3.71. The van der Waals surface area contributed by atoms with E-state index in [1.165, 1.54) is 17.0 Å². The fourth-order valence-electron chi connectivity index (χ4n) is 3.71. The zero-order valence-corrected chi connectivity index (χ0v) is 15.3. The number of rotatable bonds is 5. The Kier molecular flexibility index (Phi) is 4.77. The van der Waals surface area contributed by atoms with Crippen molar-refractivity contribution in [1.29, 1.82) is 0 Å². The highest BCUT2D eigenvalue weighted by Crippen LogP contribution is 2.17. The minimum atomic E-state index is -0.245. The molecule has 0 aliphatic carbocycles. The molecule has 1 aliphatic rings. The van der Waals surface area contributed by atoms with Gasteiger partial charge in [0.25, 0.3) is 11.5 Å².